The normalized spacial score (nSPS) is 31.1. The summed E-state index contributed by atoms with van der Waals surface area (Å²) in [6.07, 6.45) is 1.63. The minimum absolute atomic E-state index is 0.222. The van der Waals surface area contributed by atoms with E-state index in [2.05, 4.69) is 49.3 Å². The maximum absolute atomic E-state index is 5.86. The lowest BCUT2D eigenvalue weighted by Gasteiger charge is -2.55. The average Bonchev–Trinajstić information content (AvgIpc) is 2.99. The van der Waals surface area contributed by atoms with Gasteiger partial charge in [-0.05, 0) is 31.5 Å². The first-order valence-electron chi connectivity index (χ1n) is 7.31. The number of nitrogens with zero attached hydrogens (tertiary/aromatic N) is 1. The van der Waals surface area contributed by atoms with Crippen LogP contribution in [0.15, 0.2) is 18.2 Å². The van der Waals surface area contributed by atoms with Gasteiger partial charge in [-0.3, -0.25) is 0 Å². The molecule has 106 valence electrons. The molecule has 0 bridgehead atoms. The number of thiazole rings is 1. The van der Waals surface area contributed by atoms with Gasteiger partial charge in [-0.2, -0.15) is 0 Å². The first-order valence-corrected chi connectivity index (χ1v) is 8.13. The van der Waals surface area contributed by atoms with Crippen molar-refractivity contribution in [1.82, 2.24) is 4.98 Å². The van der Waals surface area contributed by atoms with Crippen molar-refractivity contribution >= 4 is 27.2 Å². The van der Waals surface area contributed by atoms with Gasteiger partial charge in [0.25, 0.3) is 0 Å². The minimum Gasteiger partial charge on any atom is -0.381 e. The second kappa shape index (κ2) is 4.18. The highest BCUT2D eigenvalue weighted by Crippen LogP contribution is 2.53. The number of hydrogen-bond acceptors (Lipinski definition) is 4. The number of anilines is 1. The van der Waals surface area contributed by atoms with E-state index < -0.39 is 0 Å². The Kier molecular flexibility index (Phi) is 2.63. The van der Waals surface area contributed by atoms with E-state index in [1.807, 2.05) is 0 Å². The highest BCUT2D eigenvalue weighted by molar-refractivity contribution is 7.18. The molecule has 1 aliphatic carbocycles. The molecule has 0 spiro atoms. The maximum atomic E-state index is 5.86. The van der Waals surface area contributed by atoms with Crippen molar-refractivity contribution in [3.63, 3.8) is 0 Å². The Morgan fingerprint density at radius 2 is 2.25 bits per heavy atom. The third-order valence-corrected chi connectivity index (χ3v) is 5.85. The van der Waals surface area contributed by atoms with Gasteiger partial charge in [-0.25, -0.2) is 4.98 Å². The molecule has 3 atom stereocenters. The fourth-order valence-electron chi connectivity index (χ4n) is 3.93. The number of nitrogens with one attached hydrogen (secondary N) is 1. The Balaban J connectivity index is 1.61. The summed E-state index contributed by atoms with van der Waals surface area (Å²) < 4.78 is 7.13. The summed E-state index contributed by atoms with van der Waals surface area (Å²) in [5.41, 5.74) is 2.54. The summed E-state index contributed by atoms with van der Waals surface area (Å²) in [4.78, 5) is 4.52. The van der Waals surface area contributed by atoms with E-state index in [0.717, 1.165) is 17.1 Å². The second-order valence-electron chi connectivity index (χ2n) is 6.60. The Hall–Kier alpha value is -1.13. The van der Waals surface area contributed by atoms with E-state index >= 15 is 0 Å². The van der Waals surface area contributed by atoms with Crippen molar-refractivity contribution < 1.29 is 4.74 Å². The topological polar surface area (TPSA) is 34.2 Å². The van der Waals surface area contributed by atoms with Crippen molar-refractivity contribution in [3.8, 4) is 0 Å². The molecular formula is C16H20N2OS. The Bertz CT molecular complexity index is 664. The zero-order valence-electron chi connectivity index (χ0n) is 12.1. The molecule has 4 heteroatoms. The molecule has 3 nitrogen and oxygen atoms in total. The third-order valence-electron chi connectivity index (χ3n) is 4.92. The molecule has 4 rings (SSSR count). The van der Waals surface area contributed by atoms with E-state index in [9.17, 15) is 0 Å². The van der Waals surface area contributed by atoms with Crippen LogP contribution < -0.4 is 5.32 Å². The van der Waals surface area contributed by atoms with Crippen LogP contribution in [0.3, 0.4) is 0 Å². The maximum Gasteiger partial charge on any atom is 0.0907 e. The molecule has 1 aliphatic heterocycles. The SMILES string of the molecule is Cc1nc2ccc(NC3C4CCOC4C3(C)C)cc2s1. The molecule has 0 radical (unpaired) electrons. The molecule has 1 aromatic heterocycles. The molecule has 2 heterocycles. The highest BCUT2D eigenvalue weighted by atomic mass is 32.1. The standard InChI is InChI=1S/C16H20N2OS/c1-9-17-12-5-4-10(8-13(12)20-9)18-14-11-6-7-19-15(11)16(14,2)3/h4-5,8,11,14-15,18H,6-7H2,1-3H3. The predicted molar refractivity (Wildman–Crippen MR) is 83.4 cm³/mol. The Labute approximate surface area is 123 Å². The molecule has 1 saturated carbocycles. The van der Waals surface area contributed by atoms with Crippen LogP contribution in [0.25, 0.3) is 10.2 Å². The molecule has 1 N–H and O–H groups in total. The lowest BCUT2D eigenvalue weighted by molar-refractivity contribution is -0.0923. The Morgan fingerprint density at radius 3 is 3.10 bits per heavy atom. The lowest BCUT2D eigenvalue weighted by atomic mass is 9.57. The summed E-state index contributed by atoms with van der Waals surface area (Å²) in [6.45, 7) is 7.61. The van der Waals surface area contributed by atoms with Gasteiger partial charge in [0.05, 0.1) is 21.3 Å². The van der Waals surface area contributed by atoms with Gasteiger partial charge in [0.15, 0.2) is 0 Å². The van der Waals surface area contributed by atoms with Crippen molar-refractivity contribution in [2.45, 2.75) is 39.3 Å². The van der Waals surface area contributed by atoms with Gasteiger partial charge in [-0.1, -0.05) is 13.8 Å². The van der Waals surface area contributed by atoms with Crippen molar-refractivity contribution in [2.75, 3.05) is 11.9 Å². The van der Waals surface area contributed by atoms with Crippen molar-refractivity contribution in [2.24, 2.45) is 11.3 Å². The van der Waals surface area contributed by atoms with Gasteiger partial charge in [0.1, 0.15) is 0 Å². The van der Waals surface area contributed by atoms with Crippen LogP contribution in [0.4, 0.5) is 5.69 Å². The van der Waals surface area contributed by atoms with Gasteiger partial charge in [0.2, 0.25) is 0 Å². The smallest absolute Gasteiger partial charge is 0.0907 e. The second-order valence-corrected chi connectivity index (χ2v) is 7.84. The van der Waals surface area contributed by atoms with Crippen molar-refractivity contribution in [3.05, 3.63) is 23.2 Å². The molecule has 2 aliphatic rings. The summed E-state index contributed by atoms with van der Waals surface area (Å²) in [7, 11) is 0. The zero-order chi connectivity index (χ0) is 13.9. The van der Waals surface area contributed by atoms with Gasteiger partial charge < -0.3 is 10.1 Å². The number of benzene rings is 1. The van der Waals surface area contributed by atoms with Crippen molar-refractivity contribution in [1.29, 1.82) is 0 Å². The highest BCUT2D eigenvalue weighted by Gasteiger charge is 2.59. The monoisotopic (exact) mass is 288 g/mol. The fourth-order valence-corrected chi connectivity index (χ4v) is 4.79. The van der Waals surface area contributed by atoms with Gasteiger partial charge >= 0.3 is 0 Å². The number of hydrogen-bond donors (Lipinski definition) is 1. The molecule has 0 amide bonds. The van der Waals surface area contributed by atoms with E-state index in [1.54, 1.807) is 11.3 Å². The average molecular weight is 288 g/mol. The summed E-state index contributed by atoms with van der Waals surface area (Å²) in [5, 5.41) is 4.87. The van der Waals surface area contributed by atoms with Crippen LogP contribution in [0.2, 0.25) is 0 Å². The molecule has 1 aromatic carbocycles. The number of ether oxygens (including phenoxy) is 1. The first kappa shape index (κ1) is 12.6. The lowest BCUT2D eigenvalue weighted by Crippen LogP contribution is -2.63. The van der Waals surface area contributed by atoms with Crippen LogP contribution in [-0.2, 0) is 4.74 Å². The number of rotatable bonds is 2. The van der Waals surface area contributed by atoms with Crippen LogP contribution in [0, 0.1) is 18.3 Å². The molecule has 2 fully saturated rings. The summed E-state index contributed by atoms with van der Waals surface area (Å²) in [5.74, 6) is 0.670. The predicted octanol–water partition coefficient (Wildman–Crippen LogP) is 3.83. The number of aromatic nitrogens is 1. The van der Waals surface area contributed by atoms with E-state index in [-0.39, 0.29) is 5.41 Å². The van der Waals surface area contributed by atoms with Crippen LogP contribution in [0.1, 0.15) is 25.3 Å². The molecule has 20 heavy (non-hydrogen) atoms. The quantitative estimate of drug-likeness (QED) is 0.912. The van der Waals surface area contributed by atoms with E-state index in [1.165, 1.54) is 16.8 Å². The summed E-state index contributed by atoms with van der Waals surface area (Å²) in [6, 6.07) is 7.02. The largest absolute Gasteiger partial charge is 0.381 e. The van der Waals surface area contributed by atoms with Gasteiger partial charge in [0, 0.05) is 29.7 Å². The third kappa shape index (κ3) is 1.71. The molecule has 2 aromatic rings. The fraction of sp³-hybridized carbons (Fsp3) is 0.562. The Morgan fingerprint density at radius 1 is 1.40 bits per heavy atom. The van der Waals surface area contributed by atoms with Crippen LogP contribution in [0.5, 0.6) is 0 Å². The minimum atomic E-state index is 0.222. The van der Waals surface area contributed by atoms with Crippen LogP contribution in [-0.4, -0.2) is 23.7 Å². The zero-order valence-corrected chi connectivity index (χ0v) is 13.0. The molecule has 1 saturated heterocycles. The molecule has 3 unspecified atom stereocenters. The first-order chi connectivity index (χ1) is 9.55. The number of aryl methyl sites for hydroxylation is 1. The van der Waals surface area contributed by atoms with Gasteiger partial charge in [-0.15, -0.1) is 11.3 Å². The van der Waals surface area contributed by atoms with E-state index in [4.69, 9.17) is 4.74 Å². The number of fused-ring (bicyclic) bond motifs is 2. The van der Waals surface area contributed by atoms with E-state index in [0.29, 0.717) is 18.1 Å². The van der Waals surface area contributed by atoms with Crippen LogP contribution >= 0.6 is 11.3 Å². The summed E-state index contributed by atoms with van der Waals surface area (Å²) >= 11 is 1.76. The molecular weight excluding hydrogens is 268 g/mol.